The van der Waals surface area contributed by atoms with Crippen molar-refractivity contribution in [2.24, 2.45) is 5.92 Å². The summed E-state index contributed by atoms with van der Waals surface area (Å²) in [4.78, 5) is 0. The number of ether oxygens (including phenoxy) is 2. The first kappa shape index (κ1) is 24.5. The van der Waals surface area contributed by atoms with Crippen LogP contribution in [0.5, 0.6) is 11.6 Å². The van der Waals surface area contributed by atoms with E-state index >= 15 is 0 Å². The molecular weight excluding hydrogens is 412 g/mol. The summed E-state index contributed by atoms with van der Waals surface area (Å²) in [5.74, 6) is 0.620. The van der Waals surface area contributed by atoms with E-state index in [1.54, 1.807) is 0 Å². The highest BCUT2D eigenvalue weighted by Gasteiger charge is 2.44. The van der Waals surface area contributed by atoms with Crippen molar-refractivity contribution in [2.45, 2.75) is 84.0 Å². The molecule has 1 unspecified atom stereocenters. The van der Waals surface area contributed by atoms with E-state index in [2.05, 4.69) is 5.10 Å². The van der Waals surface area contributed by atoms with Crippen molar-refractivity contribution in [3.05, 3.63) is 41.1 Å². The van der Waals surface area contributed by atoms with Gasteiger partial charge in [-0.05, 0) is 58.7 Å². The lowest BCUT2D eigenvalue weighted by atomic mass is 9.81. The minimum absolute atomic E-state index is 0.103. The summed E-state index contributed by atoms with van der Waals surface area (Å²) in [7, 11) is 0. The lowest BCUT2D eigenvalue weighted by Crippen LogP contribution is -2.56. The normalized spacial score (nSPS) is 26.0. The van der Waals surface area contributed by atoms with E-state index in [9.17, 15) is 20.4 Å². The molecule has 0 spiro atoms. The molecule has 1 heterocycles. The molecule has 0 bridgehead atoms. The van der Waals surface area contributed by atoms with Gasteiger partial charge in [0.05, 0.1) is 12.2 Å². The molecule has 1 aliphatic carbocycles. The Morgan fingerprint density at radius 1 is 1.03 bits per heavy atom. The third-order valence-corrected chi connectivity index (χ3v) is 6.00. The Bertz CT molecular complexity index is 877. The van der Waals surface area contributed by atoms with Crippen LogP contribution in [0.25, 0.3) is 0 Å². The minimum atomic E-state index is -1.39. The Balaban J connectivity index is 1.87. The smallest absolute Gasteiger partial charge is 0.236 e. The zero-order valence-electron chi connectivity index (χ0n) is 19.5. The van der Waals surface area contributed by atoms with Crippen LogP contribution < -0.4 is 9.47 Å². The fraction of sp³-hybridized carbons (Fsp3) is 0.625. The molecule has 4 N–H and O–H groups in total. The SMILES string of the molecule is Cc1c(Cc2ccc(OC(C)C)cc2)c(O[C@@H]2CC(CO)[C@@H](O)[C@H](O)[C@H]2O)nn1C(C)C. The molecule has 3 rings (SSSR count). The average molecular weight is 449 g/mol. The highest BCUT2D eigenvalue weighted by Crippen LogP contribution is 2.33. The molecule has 1 saturated carbocycles. The predicted octanol–water partition coefficient (Wildman–Crippen LogP) is 1.99. The molecule has 0 aliphatic heterocycles. The van der Waals surface area contributed by atoms with Crippen molar-refractivity contribution < 1.29 is 29.9 Å². The van der Waals surface area contributed by atoms with E-state index in [4.69, 9.17) is 9.47 Å². The van der Waals surface area contributed by atoms with Crippen LogP contribution in [0.4, 0.5) is 0 Å². The maximum atomic E-state index is 10.5. The number of hydrogen-bond donors (Lipinski definition) is 4. The van der Waals surface area contributed by atoms with E-state index in [0.29, 0.717) is 12.3 Å². The monoisotopic (exact) mass is 448 g/mol. The van der Waals surface area contributed by atoms with Crippen LogP contribution in [0.1, 0.15) is 57.0 Å². The summed E-state index contributed by atoms with van der Waals surface area (Å²) < 4.78 is 13.7. The standard InChI is InChI=1S/C24H36N2O6/c1-13(2)26-15(5)19(10-16-6-8-18(9-7-16)31-14(3)4)24(25-26)32-20-11-17(12-27)21(28)23(30)22(20)29/h6-9,13-14,17,20-23,27-30H,10-12H2,1-5H3/t17?,20-,21-,22+,23+/m1/s1. The minimum Gasteiger partial charge on any atom is -0.491 e. The van der Waals surface area contributed by atoms with Crippen LogP contribution in [-0.4, -0.2) is 67.3 Å². The molecule has 0 amide bonds. The van der Waals surface area contributed by atoms with Crippen LogP contribution in [0.15, 0.2) is 24.3 Å². The number of nitrogens with zero attached hydrogens (tertiary/aromatic N) is 2. The number of hydrogen-bond acceptors (Lipinski definition) is 7. The summed E-state index contributed by atoms with van der Waals surface area (Å²) in [6.45, 7) is 9.71. The predicted molar refractivity (Wildman–Crippen MR) is 120 cm³/mol. The van der Waals surface area contributed by atoms with Gasteiger partial charge in [0.25, 0.3) is 0 Å². The quantitative estimate of drug-likeness (QED) is 0.488. The van der Waals surface area contributed by atoms with Crippen molar-refractivity contribution in [3.8, 4) is 11.6 Å². The van der Waals surface area contributed by atoms with Crippen LogP contribution in [0, 0.1) is 12.8 Å². The first-order valence-electron chi connectivity index (χ1n) is 11.3. The van der Waals surface area contributed by atoms with E-state index in [1.165, 1.54) is 0 Å². The molecule has 32 heavy (non-hydrogen) atoms. The summed E-state index contributed by atoms with van der Waals surface area (Å²) >= 11 is 0. The molecule has 178 valence electrons. The van der Waals surface area contributed by atoms with E-state index in [1.807, 2.05) is 63.6 Å². The highest BCUT2D eigenvalue weighted by atomic mass is 16.5. The Morgan fingerprint density at radius 3 is 2.25 bits per heavy atom. The zero-order chi connectivity index (χ0) is 23.6. The average Bonchev–Trinajstić information content (AvgIpc) is 3.05. The zero-order valence-corrected chi connectivity index (χ0v) is 19.5. The molecule has 5 atom stereocenters. The molecule has 0 radical (unpaired) electrons. The number of rotatable bonds is 8. The second-order valence-electron chi connectivity index (χ2n) is 9.20. The lowest BCUT2D eigenvalue weighted by Gasteiger charge is -2.39. The summed E-state index contributed by atoms with van der Waals surface area (Å²) in [6.07, 6.45) is -3.77. The summed E-state index contributed by atoms with van der Waals surface area (Å²) in [6, 6.07) is 8.00. The van der Waals surface area contributed by atoms with Crippen molar-refractivity contribution in [1.29, 1.82) is 0 Å². The second kappa shape index (κ2) is 10.2. The van der Waals surface area contributed by atoms with Gasteiger partial charge in [-0.2, -0.15) is 0 Å². The fourth-order valence-electron chi connectivity index (χ4n) is 4.21. The van der Waals surface area contributed by atoms with Gasteiger partial charge in [-0.15, -0.1) is 5.10 Å². The fourth-order valence-corrected chi connectivity index (χ4v) is 4.21. The molecule has 8 nitrogen and oxygen atoms in total. The molecule has 0 saturated heterocycles. The molecule has 8 heteroatoms. The topological polar surface area (TPSA) is 117 Å². The Morgan fingerprint density at radius 2 is 1.69 bits per heavy atom. The molecule has 1 fully saturated rings. The number of aromatic nitrogens is 2. The second-order valence-corrected chi connectivity index (χ2v) is 9.20. The van der Waals surface area contributed by atoms with Gasteiger partial charge in [0, 0.05) is 36.2 Å². The van der Waals surface area contributed by atoms with E-state index < -0.39 is 30.3 Å². The van der Waals surface area contributed by atoms with Crippen LogP contribution in [0.3, 0.4) is 0 Å². The number of benzene rings is 1. The number of aliphatic hydroxyl groups excluding tert-OH is 4. The number of aliphatic hydroxyl groups is 4. The lowest BCUT2D eigenvalue weighted by molar-refractivity contribution is -0.157. The van der Waals surface area contributed by atoms with Gasteiger partial charge < -0.3 is 29.9 Å². The summed E-state index contributed by atoms with van der Waals surface area (Å²) in [5.41, 5.74) is 2.91. The Labute approximate surface area is 189 Å². The molecular formula is C24H36N2O6. The van der Waals surface area contributed by atoms with Crippen LogP contribution >= 0.6 is 0 Å². The largest absolute Gasteiger partial charge is 0.491 e. The van der Waals surface area contributed by atoms with Crippen molar-refractivity contribution in [2.75, 3.05) is 6.61 Å². The van der Waals surface area contributed by atoms with E-state index in [-0.39, 0.29) is 25.2 Å². The van der Waals surface area contributed by atoms with Crippen LogP contribution in [-0.2, 0) is 6.42 Å². The van der Waals surface area contributed by atoms with Gasteiger partial charge in [-0.3, -0.25) is 4.68 Å². The van der Waals surface area contributed by atoms with Crippen molar-refractivity contribution in [3.63, 3.8) is 0 Å². The summed E-state index contributed by atoms with van der Waals surface area (Å²) in [5, 5.41) is 45.0. The van der Waals surface area contributed by atoms with Crippen LogP contribution in [0.2, 0.25) is 0 Å². The van der Waals surface area contributed by atoms with Gasteiger partial charge in [-0.1, -0.05) is 12.1 Å². The third kappa shape index (κ3) is 5.26. The molecule has 2 aromatic rings. The maximum Gasteiger partial charge on any atom is 0.236 e. The first-order valence-corrected chi connectivity index (χ1v) is 11.3. The highest BCUT2D eigenvalue weighted by molar-refractivity contribution is 5.38. The van der Waals surface area contributed by atoms with Gasteiger partial charge in [0.1, 0.15) is 24.1 Å². The van der Waals surface area contributed by atoms with Gasteiger partial charge >= 0.3 is 0 Å². The van der Waals surface area contributed by atoms with Crippen molar-refractivity contribution >= 4 is 0 Å². The molecule has 1 aromatic carbocycles. The molecule has 1 aromatic heterocycles. The molecule has 1 aliphatic rings. The third-order valence-electron chi connectivity index (χ3n) is 6.00. The Hall–Kier alpha value is -2.13. The Kier molecular flexibility index (Phi) is 7.82. The van der Waals surface area contributed by atoms with Gasteiger partial charge in [-0.25, -0.2) is 0 Å². The maximum absolute atomic E-state index is 10.5. The van der Waals surface area contributed by atoms with Gasteiger partial charge in [0.2, 0.25) is 5.88 Å². The van der Waals surface area contributed by atoms with Gasteiger partial charge in [0.15, 0.2) is 0 Å². The first-order chi connectivity index (χ1) is 15.1. The van der Waals surface area contributed by atoms with Crippen molar-refractivity contribution in [1.82, 2.24) is 9.78 Å². The van der Waals surface area contributed by atoms with E-state index in [0.717, 1.165) is 22.6 Å².